The number of guanidine groups is 1. The van der Waals surface area contributed by atoms with Crippen LogP contribution in [0.2, 0.25) is 0 Å². The van der Waals surface area contributed by atoms with E-state index >= 15 is 0 Å². The molecular formula is C22H35N5O3S. The van der Waals surface area contributed by atoms with Gasteiger partial charge in [0.2, 0.25) is 5.91 Å². The fourth-order valence-electron chi connectivity index (χ4n) is 3.73. The Hall–Kier alpha value is -1.97. The Labute approximate surface area is 188 Å². The lowest BCUT2D eigenvalue weighted by atomic mass is 10.2. The van der Waals surface area contributed by atoms with Crippen molar-refractivity contribution in [2.75, 3.05) is 77.9 Å². The molecule has 0 aromatic heterocycles. The van der Waals surface area contributed by atoms with Crippen molar-refractivity contribution in [2.24, 2.45) is 4.99 Å². The van der Waals surface area contributed by atoms with Crippen molar-refractivity contribution in [2.45, 2.75) is 12.7 Å². The molecule has 2 heterocycles. The average Bonchev–Trinajstić information content (AvgIpc) is 2.80. The first-order chi connectivity index (χ1) is 15.2. The Kier molecular flexibility index (Phi) is 9.77. The monoisotopic (exact) mass is 449 g/mol. The van der Waals surface area contributed by atoms with Gasteiger partial charge in [0.1, 0.15) is 0 Å². The summed E-state index contributed by atoms with van der Waals surface area (Å²) in [6, 6.07) is 9.94. The van der Waals surface area contributed by atoms with Crippen molar-refractivity contribution in [3.63, 3.8) is 0 Å². The molecule has 2 aliphatic heterocycles. The molecule has 8 nitrogen and oxygen atoms in total. The number of carbonyl (C=O) groups is 1. The second-order valence-electron chi connectivity index (χ2n) is 7.77. The molecule has 2 fully saturated rings. The molecule has 0 bridgehead atoms. The molecule has 1 aromatic rings. The summed E-state index contributed by atoms with van der Waals surface area (Å²) in [5, 5.41) is 3.35. The molecular weight excluding hydrogens is 414 g/mol. The van der Waals surface area contributed by atoms with Gasteiger partial charge >= 0.3 is 0 Å². The fourth-order valence-corrected chi connectivity index (χ4v) is 4.74. The van der Waals surface area contributed by atoms with Crippen LogP contribution in [-0.4, -0.2) is 109 Å². The molecule has 9 heteroatoms. The molecule has 2 aliphatic rings. The maximum absolute atomic E-state index is 12.5. The summed E-state index contributed by atoms with van der Waals surface area (Å²) >= 11 is 0. The lowest BCUT2D eigenvalue weighted by molar-refractivity contribution is -0.136. The van der Waals surface area contributed by atoms with E-state index in [1.165, 1.54) is 0 Å². The van der Waals surface area contributed by atoms with E-state index in [0.717, 1.165) is 44.2 Å². The molecule has 0 saturated carbocycles. The van der Waals surface area contributed by atoms with Crippen LogP contribution in [0.5, 0.6) is 0 Å². The smallest absolute Gasteiger partial charge is 0.236 e. The predicted octanol–water partition coefficient (Wildman–Crippen LogP) is 0.377. The number of hydrogen-bond donors (Lipinski definition) is 1. The third kappa shape index (κ3) is 7.90. The average molecular weight is 450 g/mol. The van der Waals surface area contributed by atoms with Crippen LogP contribution >= 0.6 is 0 Å². The van der Waals surface area contributed by atoms with Crippen molar-refractivity contribution >= 4 is 22.7 Å². The number of nitrogens with one attached hydrogen (secondary N) is 1. The summed E-state index contributed by atoms with van der Waals surface area (Å²) in [5.74, 6) is 2.19. The Bertz CT molecular complexity index is 732. The highest BCUT2D eigenvalue weighted by atomic mass is 32.2. The largest absolute Gasteiger partial charge is 0.378 e. The van der Waals surface area contributed by atoms with E-state index in [9.17, 15) is 9.00 Å². The fraction of sp³-hybridized carbons (Fsp3) is 0.636. The first kappa shape index (κ1) is 23.7. The van der Waals surface area contributed by atoms with Crippen molar-refractivity contribution in [1.29, 1.82) is 0 Å². The van der Waals surface area contributed by atoms with Gasteiger partial charge in [0.05, 0.1) is 26.3 Å². The number of ether oxygens (including phenoxy) is 1. The first-order valence-corrected chi connectivity index (χ1v) is 12.6. The predicted molar refractivity (Wildman–Crippen MR) is 125 cm³/mol. The number of benzene rings is 1. The number of rotatable bonds is 8. The summed E-state index contributed by atoms with van der Waals surface area (Å²) in [7, 11) is -0.924. The summed E-state index contributed by atoms with van der Waals surface area (Å²) < 4.78 is 17.7. The van der Waals surface area contributed by atoms with Crippen LogP contribution in [0.3, 0.4) is 0 Å². The van der Waals surface area contributed by atoms with E-state index in [-0.39, 0.29) is 5.91 Å². The number of hydrogen-bond acceptors (Lipinski definition) is 5. The number of morpholine rings is 1. The van der Waals surface area contributed by atoms with Crippen molar-refractivity contribution < 1.29 is 13.7 Å². The van der Waals surface area contributed by atoms with Crippen LogP contribution in [0, 0.1) is 0 Å². The summed E-state index contributed by atoms with van der Waals surface area (Å²) in [5.41, 5.74) is 1.10. The minimum absolute atomic E-state index is 0.193. The molecule has 2 saturated heterocycles. The van der Waals surface area contributed by atoms with Gasteiger partial charge in [-0.15, -0.1) is 0 Å². The van der Waals surface area contributed by atoms with Gasteiger partial charge in [-0.1, -0.05) is 30.3 Å². The van der Waals surface area contributed by atoms with E-state index in [0.29, 0.717) is 50.9 Å². The molecule has 1 unspecified atom stereocenters. The Morgan fingerprint density at radius 2 is 1.77 bits per heavy atom. The Morgan fingerprint density at radius 1 is 1.06 bits per heavy atom. The topological polar surface area (TPSA) is 77.5 Å². The SMILES string of the molecule is CCNC(=NCCS(=O)Cc1ccccc1)N1CCN(CC(=O)N2CCOCC2)CC1. The van der Waals surface area contributed by atoms with Crippen LogP contribution < -0.4 is 5.32 Å². The number of aliphatic imine (C=N–C) groups is 1. The lowest BCUT2D eigenvalue weighted by Gasteiger charge is -2.37. The van der Waals surface area contributed by atoms with Gasteiger partial charge in [-0.2, -0.15) is 0 Å². The quantitative estimate of drug-likeness (QED) is 0.457. The third-order valence-electron chi connectivity index (χ3n) is 5.48. The second kappa shape index (κ2) is 12.8. The number of carbonyl (C=O) groups excluding carboxylic acids is 1. The minimum atomic E-state index is -0.924. The standard InChI is InChI=1S/C22H35N5O3S/c1-2-23-22(24-8-17-31(29)19-20-6-4-3-5-7-20)27-11-9-25(10-12-27)18-21(28)26-13-15-30-16-14-26/h3-7H,2,8-19H2,1H3,(H,23,24). The summed E-state index contributed by atoms with van der Waals surface area (Å²) in [6.07, 6.45) is 0. The number of amides is 1. The van der Waals surface area contributed by atoms with Crippen molar-refractivity contribution in [1.82, 2.24) is 20.0 Å². The van der Waals surface area contributed by atoms with Crippen LogP contribution in [0.15, 0.2) is 35.3 Å². The van der Waals surface area contributed by atoms with Gasteiger partial charge in [0.25, 0.3) is 0 Å². The molecule has 1 N–H and O–H groups in total. The van der Waals surface area contributed by atoms with E-state index in [4.69, 9.17) is 9.73 Å². The zero-order chi connectivity index (χ0) is 21.9. The molecule has 1 atom stereocenters. The van der Waals surface area contributed by atoms with E-state index < -0.39 is 10.8 Å². The zero-order valence-electron chi connectivity index (χ0n) is 18.5. The first-order valence-electron chi connectivity index (χ1n) is 11.2. The van der Waals surface area contributed by atoms with Crippen molar-refractivity contribution in [3.8, 4) is 0 Å². The Morgan fingerprint density at radius 3 is 2.45 bits per heavy atom. The van der Waals surface area contributed by atoms with Crippen LogP contribution in [0.1, 0.15) is 12.5 Å². The molecule has 172 valence electrons. The molecule has 0 radical (unpaired) electrons. The van der Waals surface area contributed by atoms with Gasteiger partial charge in [0, 0.05) is 68.1 Å². The Balaban J connectivity index is 1.42. The van der Waals surface area contributed by atoms with E-state index in [2.05, 4.69) is 22.0 Å². The van der Waals surface area contributed by atoms with E-state index in [1.807, 2.05) is 35.2 Å². The number of nitrogens with zero attached hydrogens (tertiary/aromatic N) is 4. The van der Waals surface area contributed by atoms with Gasteiger partial charge in [-0.3, -0.25) is 18.9 Å². The highest BCUT2D eigenvalue weighted by molar-refractivity contribution is 7.84. The van der Waals surface area contributed by atoms with Crippen LogP contribution in [0.4, 0.5) is 0 Å². The van der Waals surface area contributed by atoms with Gasteiger partial charge in [0.15, 0.2) is 5.96 Å². The minimum Gasteiger partial charge on any atom is -0.378 e. The summed E-state index contributed by atoms with van der Waals surface area (Å²) in [6.45, 7) is 9.85. The zero-order valence-corrected chi connectivity index (χ0v) is 19.3. The lowest BCUT2D eigenvalue weighted by Crippen LogP contribution is -2.55. The highest BCUT2D eigenvalue weighted by Crippen LogP contribution is 2.06. The number of piperazine rings is 1. The van der Waals surface area contributed by atoms with Crippen LogP contribution in [0.25, 0.3) is 0 Å². The molecule has 3 rings (SSSR count). The van der Waals surface area contributed by atoms with Crippen molar-refractivity contribution in [3.05, 3.63) is 35.9 Å². The summed E-state index contributed by atoms with van der Waals surface area (Å²) in [4.78, 5) is 23.5. The van der Waals surface area contributed by atoms with Gasteiger partial charge < -0.3 is 19.9 Å². The molecule has 1 aromatic carbocycles. The normalized spacial score (nSPS) is 19.3. The highest BCUT2D eigenvalue weighted by Gasteiger charge is 2.24. The molecule has 1 amide bonds. The molecule has 0 aliphatic carbocycles. The van der Waals surface area contributed by atoms with Gasteiger partial charge in [-0.25, -0.2) is 0 Å². The third-order valence-corrected chi connectivity index (χ3v) is 6.77. The van der Waals surface area contributed by atoms with E-state index in [1.54, 1.807) is 0 Å². The molecule has 0 spiro atoms. The van der Waals surface area contributed by atoms with Gasteiger partial charge in [-0.05, 0) is 12.5 Å². The maximum Gasteiger partial charge on any atom is 0.236 e. The van der Waals surface area contributed by atoms with Crippen LogP contribution in [-0.2, 0) is 26.1 Å². The molecule has 31 heavy (non-hydrogen) atoms. The second-order valence-corrected chi connectivity index (χ2v) is 9.34. The maximum atomic E-state index is 12.5.